The van der Waals surface area contributed by atoms with Gasteiger partial charge in [0.25, 0.3) is 0 Å². The number of hydroxylamine groups is 2. The summed E-state index contributed by atoms with van der Waals surface area (Å²) in [6.45, 7) is 4.03. The number of carbonyl (C=O) groups is 2. The van der Waals surface area contributed by atoms with Crippen LogP contribution >= 0.6 is 15.9 Å². The molecule has 0 aliphatic heterocycles. The van der Waals surface area contributed by atoms with E-state index in [0.717, 1.165) is 15.1 Å². The molecule has 0 radical (unpaired) electrons. The SMILES string of the molecule is CON(C)C(=O)C(=O)Nc1ccc(Br)cc1C(C)C. The van der Waals surface area contributed by atoms with Gasteiger partial charge in [-0.2, -0.15) is 0 Å². The molecule has 0 aliphatic carbocycles. The summed E-state index contributed by atoms with van der Waals surface area (Å²) in [6, 6.07) is 5.49. The molecule has 0 saturated carbocycles. The minimum Gasteiger partial charge on any atom is -0.317 e. The standard InChI is InChI=1S/C13H17BrN2O3/c1-8(2)10-7-9(14)5-6-11(10)15-12(17)13(18)16(3)19-4/h5-8H,1-4H3,(H,15,17). The van der Waals surface area contributed by atoms with E-state index in [4.69, 9.17) is 0 Å². The first-order valence-corrected chi connectivity index (χ1v) is 6.58. The lowest BCUT2D eigenvalue weighted by Gasteiger charge is -2.16. The summed E-state index contributed by atoms with van der Waals surface area (Å²) in [6.07, 6.45) is 0. The first-order valence-electron chi connectivity index (χ1n) is 5.79. The minimum absolute atomic E-state index is 0.225. The molecule has 1 rings (SSSR count). The van der Waals surface area contributed by atoms with Gasteiger partial charge >= 0.3 is 11.8 Å². The van der Waals surface area contributed by atoms with Gasteiger partial charge in [0, 0.05) is 17.2 Å². The Balaban J connectivity index is 2.94. The zero-order chi connectivity index (χ0) is 14.6. The Bertz CT molecular complexity index is 489. The molecule has 0 bridgehead atoms. The van der Waals surface area contributed by atoms with Crippen molar-refractivity contribution in [2.45, 2.75) is 19.8 Å². The molecule has 19 heavy (non-hydrogen) atoms. The molecule has 5 nitrogen and oxygen atoms in total. The fraction of sp³-hybridized carbons (Fsp3) is 0.385. The van der Waals surface area contributed by atoms with Crippen molar-refractivity contribution in [3.63, 3.8) is 0 Å². The summed E-state index contributed by atoms with van der Waals surface area (Å²) in [7, 11) is 2.71. The average molecular weight is 329 g/mol. The van der Waals surface area contributed by atoms with Crippen molar-refractivity contribution in [2.24, 2.45) is 0 Å². The maximum Gasteiger partial charge on any atom is 0.335 e. The third-order valence-electron chi connectivity index (χ3n) is 2.64. The van der Waals surface area contributed by atoms with E-state index in [1.165, 1.54) is 14.2 Å². The Morgan fingerprint density at radius 2 is 2.00 bits per heavy atom. The van der Waals surface area contributed by atoms with Crippen LogP contribution < -0.4 is 5.32 Å². The predicted molar refractivity (Wildman–Crippen MR) is 76.6 cm³/mol. The molecule has 0 heterocycles. The van der Waals surface area contributed by atoms with Crippen LogP contribution in [-0.4, -0.2) is 31.0 Å². The molecule has 0 fully saturated rings. The highest BCUT2D eigenvalue weighted by atomic mass is 79.9. The highest BCUT2D eigenvalue weighted by Crippen LogP contribution is 2.27. The van der Waals surface area contributed by atoms with E-state index in [1.54, 1.807) is 6.07 Å². The molecule has 1 aromatic carbocycles. The lowest BCUT2D eigenvalue weighted by Crippen LogP contribution is -2.36. The number of benzene rings is 1. The van der Waals surface area contributed by atoms with Crippen LogP contribution in [0.2, 0.25) is 0 Å². The van der Waals surface area contributed by atoms with Crippen LogP contribution in [0.15, 0.2) is 22.7 Å². The number of amides is 2. The number of carbonyl (C=O) groups excluding carboxylic acids is 2. The van der Waals surface area contributed by atoms with E-state index >= 15 is 0 Å². The summed E-state index contributed by atoms with van der Waals surface area (Å²) in [5.41, 5.74) is 1.58. The van der Waals surface area contributed by atoms with Gasteiger partial charge in [0.05, 0.1) is 7.11 Å². The zero-order valence-electron chi connectivity index (χ0n) is 11.4. The highest BCUT2D eigenvalue weighted by molar-refractivity contribution is 9.10. The van der Waals surface area contributed by atoms with Gasteiger partial charge < -0.3 is 5.32 Å². The summed E-state index contributed by atoms with van der Waals surface area (Å²) in [5, 5.41) is 3.48. The van der Waals surface area contributed by atoms with Crippen molar-refractivity contribution in [3.05, 3.63) is 28.2 Å². The van der Waals surface area contributed by atoms with E-state index in [-0.39, 0.29) is 5.92 Å². The number of hydrogen-bond donors (Lipinski definition) is 1. The number of rotatable bonds is 3. The van der Waals surface area contributed by atoms with Gasteiger partial charge in [-0.1, -0.05) is 29.8 Å². The number of anilines is 1. The number of likely N-dealkylation sites (N-methyl/N-ethyl adjacent to an activating group) is 1. The minimum atomic E-state index is -0.750. The van der Waals surface area contributed by atoms with Crippen molar-refractivity contribution >= 4 is 33.4 Å². The summed E-state index contributed by atoms with van der Waals surface area (Å²) < 4.78 is 0.925. The van der Waals surface area contributed by atoms with Crippen molar-refractivity contribution < 1.29 is 14.4 Å². The van der Waals surface area contributed by atoms with Gasteiger partial charge in [0.1, 0.15) is 0 Å². The topological polar surface area (TPSA) is 58.6 Å². The number of halogens is 1. The normalized spacial score (nSPS) is 10.4. The van der Waals surface area contributed by atoms with Gasteiger partial charge in [-0.15, -0.1) is 0 Å². The van der Waals surface area contributed by atoms with Crippen molar-refractivity contribution in [1.29, 1.82) is 0 Å². The van der Waals surface area contributed by atoms with E-state index in [1.807, 2.05) is 26.0 Å². The molecule has 0 aliphatic rings. The number of nitrogens with zero attached hydrogens (tertiary/aromatic N) is 1. The Morgan fingerprint density at radius 1 is 1.37 bits per heavy atom. The summed E-state index contributed by atoms with van der Waals surface area (Å²) in [4.78, 5) is 28.1. The first kappa shape index (κ1) is 15.7. The Morgan fingerprint density at radius 3 is 2.53 bits per heavy atom. The largest absolute Gasteiger partial charge is 0.335 e. The molecule has 1 aromatic rings. The molecule has 0 aromatic heterocycles. The van der Waals surface area contributed by atoms with Crippen LogP contribution in [0.25, 0.3) is 0 Å². The van der Waals surface area contributed by atoms with Crippen molar-refractivity contribution in [1.82, 2.24) is 5.06 Å². The van der Waals surface area contributed by atoms with Crippen LogP contribution in [0.5, 0.6) is 0 Å². The lowest BCUT2D eigenvalue weighted by molar-refractivity contribution is -0.171. The second kappa shape index (κ2) is 6.68. The summed E-state index contributed by atoms with van der Waals surface area (Å²) in [5.74, 6) is -1.25. The average Bonchev–Trinajstić information content (AvgIpc) is 2.38. The predicted octanol–water partition coefficient (Wildman–Crippen LogP) is 2.53. The molecule has 2 amide bonds. The molecule has 6 heteroatoms. The van der Waals surface area contributed by atoms with Crippen LogP contribution in [0.1, 0.15) is 25.3 Å². The van der Waals surface area contributed by atoms with E-state index < -0.39 is 11.8 Å². The smallest absolute Gasteiger partial charge is 0.317 e. The maximum absolute atomic E-state index is 11.8. The lowest BCUT2D eigenvalue weighted by atomic mass is 10.0. The van der Waals surface area contributed by atoms with E-state index in [9.17, 15) is 9.59 Å². The molecular weight excluding hydrogens is 312 g/mol. The summed E-state index contributed by atoms with van der Waals surface area (Å²) >= 11 is 3.39. The van der Waals surface area contributed by atoms with E-state index in [0.29, 0.717) is 5.69 Å². The van der Waals surface area contributed by atoms with Crippen LogP contribution in [-0.2, 0) is 14.4 Å². The second-order valence-electron chi connectivity index (χ2n) is 4.33. The fourth-order valence-corrected chi connectivity index (χ4v) is 1.91. The molecular formula is C13H17BrN2O3. The Hall–Kier alpha value is -1.40. The highest BCUT2D eigenvalue weighted by Gasteiger charge is 2.20. The van der Waals surface area contributed by atoms with Crippen molar-refractivity contribution in [3.8, 4) is 0 Å². The Labute approximate surface area is 121 Å². The van der Waals surface area contributed by atoms with Gasteiger partial charge in [-0.3, -0.25) is 14.4 Å². The molecule has 1 N–H and O–H groups in total. The monoisotopic (exact) mass is 328 g/mol. The second-order valence-corrected chi connectivity index (χ2v) is 5.24. The van der Waals surface area contributed by atoms with Gasteiger partial charge in [-0.05, 0) is 29.7 Å². The van der Waals surface area contributed by atoms with Crippen LogP contribution in [0.3, 0.4) is 0 Å². The quantitative estimate of drug-likeness (QED) is 0.685. The third kappa shape index (κ3) is 4.04. The number of hydrogen-bond acceptors (Lipinski definition) is 3. The van der Waals surface area contributed by atoms with Crippen LogP contribution in [0.4, 0.5) is 5.69 Å². The molecule has 0 saturated heterocycles. The van der Waals surface area contributed by atoms with Gasteiger partial charge in [0.2, 0.25) is 0 Å². The Kier molecular flexibility index (Phi) is 5.50. The van der Waals surface area contributed by atoms with Gasteiger partial charge in [-0.25, -0.2) is 5.06 Å². The van der Waals surface area contributed by atoms with Gasteiger partial charge in [0.15, 0.2) is 0 Å². The first-order chi connectivity index (χ1) is 8.86. The zero-order valence-corrected chi connectivity index (χ0v) is 12.9. The fourth-order valence-electron chi connectivity index (χ4n) is 1.53. The molecule has 104 valence electrons. The molecule has 0 spiro atoms. The molecule has 0 atom stereocenters. The van der Waals surface area contributed by atoms with Crippen LogP contribution in [0, 0.1) is 0 Å². The van der Waals surface area contributed by atoms with Crippen molar-refractivity contribution in [2.75, 3.05) is 19.5 Å². The third-order valence-corrected chi connectivity index (χ3v) is 3.13. The number of nitrogens with one attached hydrogen (secondary N) is 1. The van der Waals surface area contributed by atoms with E-state index in [2.05, 4.69) is 26.1 Å². The maximum atomic E-state index is 11.8. The molecule has 0 unspecified atom stereocenters.